The number of hydrogen-bond acceptors (Lipinski definition) is 4. The second-order valence-electron chi connectivity index (χ2n) is 6.32. The lowest BCUT2D eigenvalue weighted by atomic mass is 9.98. The summed E-state index contributed by atoms with van der Waals surface area (Å²) in [5, 5.41) is 5.19. The predicted molar refractivity (Wildman–Crippen MR) is 108 cm³/mol. The molecule has 4 nitrogen and oxygen atoms in total. The predicted octanol–water partition coefficient (Wildman–Crippen LogP) is 5.89. The van der Waals surface area contributed by atoms with Gasteiger partial charge >= 0.3 is 5.97 Å². The topological polar surface area (TPSA) is 55.4 Å². The molecule has 0 saturated heterocycles. The van der Waals surface area contributed by atoms with Crippen molar-refractivity contribution in [1.29, 1.82) is 0 Å². The van der Waals surface area contributed by atoms with E-state index in [2.05, 4.69) is 12.2 Å². The van der Waals surface area contributed by atoms with Crippen molar-refractivity contribution in [1.82, 2.24) is 0 Å². The molecule has 0 spiro atoms. The molecule has 0 radical (unpaired) electrons. The Morgan fingerprint density at radius 3 is 2.48 bits per heavy atom. The Morgan fingerprint density at radius 2 is 1.89 bits per heavy atom. The second-order valence-corrected chi connectivity index (χ2v) is 7.20. The molecule has 1 heterocycles. The first-order valence-electron chi connectivity index (χ1n) is 9.37. The molecule has 0 bridgehead atoms. The Hall–Kier alpha value is -2.21. The summed E-state index contributed by atoms with van der Waals surface area (Å²) in [4.78, 5) is 25.2. The van der Waals surface area contributed by atoms with Gasteiger partial charge in [-0.25, -0.2) is 9.18 Å². The standard InChI is InChI=1S/C21H26FNO3S/c1-4-7-8-14(5-2)19(24)23-20-18(21(25)26-6-3)17(13-27-20)15-9-11-16(22)12-10-15/h9-14H,4-8H2,1-3H3,(H,23,24). The molecule has 146 valence electrons. The summed E-state index contributed by atoms with van der Waals surface area (Å²) >= 11 is 1.28. The van der Waals surface area contributed by atoms with Crippen LogP contribution in [0.15, 0.2) is 29.6 Å². The number of carbonyl (C=O) groups excluding carboxylic acids is 2. The van der Waals surface area contributed by atoms with E-state index >= 15 is 0 Å². The first-order valence-corrected chi connectivity index (χ1v) is 10.2. The zero-order chi connectivity index (χ0) is 19.8. The average Bonchev–Trinajstić information content (AvgIpc) is 3.06. The van der Waals surface area contributed by atoms with Crippen LogP contribution in [0.4, 0.5) is 9.39 Å². The van der Waals surface area contributed by atoms with Crippen molar-refractivity contribution < 1.29 is 18.7 Å². The van der Waals surface area contributed by atoms with Gasteiger partial charge in [0.15, 0.2) is 0 Å². The maximum Gasteiger partial charge on any atom is 0.341 e. The zero-order valence-electron chi connectivity index (χ0n) is 16.0. The van der Waals surface area contributed by atoms with Crippen LogP contribution in [0.5, 0.6) is 0 Å². The highest BCUT2D eigenvalue weighted by molar-refractivity contribution is 7.15. The number of anilines is 1. The van der Waals surface area contributed by atoms with E-state index in [1.165, 1.54) is 23.5 Å². The van der Waals surface area contributed by atoms with Crippen molar-refractivity contribution in [3.05, 3.63) is 41.0 Å². The van der Waals surface area contributed by atoms with Gasteiger partial charge in [0.1, 0.15) is 16.4 Å². The fraction of sp³-hybridized carbons (Fsp3) is 0.429. The van der Waals surface area contributed by atoms with Crippen LogP contribution in [0.1, 0.15) is 56.8 Å². The maximum atomic E-state index is 13.2. The van der Waals surface area contributed by atoms with Crippen LogP contribution in [0.3, 0.4) is 0 Å². The van der Waals surface area contributed by atoms with E-state index in [4.69, 9.17) is 4.74 Å². The molecule has 0 fully saturated rings. The number of benzene rings is 1. The Morgan fingerprint density at radius 1 is 1.19 bits per heavy atom. The van der Waals surface area contributed by atoms with Gasteiger partial charge in [-0.1, -0.05) is 38.8 Å². The molecule has 0 saturated carbocycles. The second kappa shape index (κ2) is 10.2. The van der Waals surface area contributed by atoms with Crippen molar-refractivity contribution in [3.8, 4) is 11.1 Å². The first kappa shape index (κ1) is 21.1. The normalized spacial score (nSPS) is 11.9. The quantitative estimate of drug-likeness (QED) is 0.543. The van der Waals surface area contributed by atoms with E-state index in [1.54, 1.807) is 24.4 Å². The number of carbonyl (C=O) groups is 2. The molecule has 0 aliphatic carbocycles. The smallest absolute Gasteiger partial charge is 0.341 e. The number of amides is 1. The van der Waals surface area contributed by atoms with Crippen LogP contribution in [0.2, 0.25) is 0 Å². The fourth-order valence-electron chi connectivity index (χ4n) is 2.88. The molecule has 2 rings (SSSR count). The maximum absolute atomic E-state index is 13.2. The summed E-state index contributed by atoms with van der Waals surface area (Å²) in [6, 6.07) is 5.92. The highest BCUT2D eigenvalue weighted by atomic mass is 32.1. The number of esters is 1. The van der Waals surface area contributed by atoms with Crippen molar-refractivity contribution >= 4 is 28.2 Å². The lowest BCUT2D eigenvalue weighted by Gasteiger charge is -2.15. The minimum absolute atomic E-state index is 0.0796. The molecule has 6 heteroatoms. The lowest BCUT2D eigenvalue weighted by Crippen LogP contribution is -2.23. The van der Waals surface area contributed by atoms with Crippen LogP contribution in [-0.4, -0.2) is 18.5 Å². The van der Waals surface area contributed by atoms with Gasteiger partial charge in [0.05, 0.1) is 6.61 Å². The average molecular weight is 392 g/mol. The van der Waals surface area contributed by atoms with Gasteiger partial charge in [-0.05, 0) is 37.5 Å². The number of nitrogens with one attached hydrogen (secondary N) is 1. The van der Waals surface area contributed by atoms with E-state index < -0.39 is 5.97 Å². The number of hydrogen-bond donors (Lipinski definition) is 1. The van der Waals surface area contributed by atoms with Gasteiger partial charge in [0, 0.05) is 16.9 Å². The zero-order valence-corrected chi connectivity index (χ0v) is 16.8. The Kier molecular flexibility index (Phi) is 7.98. The summed E-state index contributed by atoms with van der Waals surface area (Å²) in [5.74, 6) is -1.00. The third-order valence-electron chi connectivity index (χ3n) is 4.43. The monoisotopic (exact) mass is 391 g/mol. The third kappa shape index (κ3) is 5.39. The van der Waals surface area contributed by atoms with Crippen LogP contribution in [-0.2, 0) is 9.53 Å². The van der Waals surface area contributed by atoms with Gasteiger partial charge in [-0.15, -0.1) is 11.3 Å². The third-order valence-corrected chi connectivity index (χ3v) is 5.33. The number of ether oxygens (including phenoxy) is 1. The molecule has 1 atom stereocenters. The molecule has 0 aliphatic rings. The lowest BCUT2D eigenvalue weighted by molar-refractivity contribution is -0.120. The Balaban J connectivity index is 2.34. The number of unbranched alkanes of at least 4 members (excludes halogenated alkanes) is 1. The fourth-order valence-corrected chi connectivity index (χ4v) is 3.84. The summed E-state index contributed by atoms with van der Waals surface area (Å²) in [7, 11) is 0. The van der Waals surface area contributed by atoms with E-state index in [-0.39, 0.29) is 24.2 Å². The molecule has 1 unspecified atom stereocenters. The molecule has 0 aliphatic heterocycles. The largest absolute Gasteiger partial charge is 0.462 e. The van der Waals surface area contributed by atoms with Gasteiger partial charge in [0.2, 0.25) is 5.91 Å². The Bertz CT molecular complexity index is 770. The highest BCUT2D eigenvalue weighted by Gasteiger charge is 2.24. The van der Waals surface area contributed by atoms with Crippen molar-refractivity contribution in [2.45, 2.75) is 46.5 Å². The number of rotatable bonds is 9. The SMILES string of the molecule is CCCCC(CC)C(=O)Nc1scc(-c2ccc(F)cc2)c1C(=O)OCC. The molecule has 1 aromatic heterocycles. The van der Waals surface area contributed by atoms with E-state index in [9.17, 15) is 14.0 Å². The summed E-state index contributed by atoms with van der Waals surface area (Å²) in [5.41, 5.74) is 1.66. The number of thiophene rings is 1. The van der Waals surface area contributed by atoms with E-state index in [0.29, 0.717) is 21.7 Å². The number of halogens is 1. The first-order chi connectivity index (χ1) is 13.0. The van der Waals surface area contributed by atoms with E-state index in [1.807, 2.05) is 6.92 Å². The molecule has 2 aromatic rings. The molecule has 1 N–H and O–H groups in total. The molecular weight excluding hydrogens is 365 g/mol. The summed E-state index contributed by atoms with van der Waals surface area (Å²) < 4.78 is 18.4. The molecule has 1 aromatic carbocycles. The highest BCUT2D eigenvalue weighted by Crippen LogP contribution is 2.36. The van der Waals surface area contributed by atoms with Gasteiger partial charge in [-0.2, -0.15) is 0 Å². The van der Waals surface area contributed by atoms with Crippen LogP contribution >= 0.6 is 11.3 Å². The minimum Gasteiger partial charge on any atom is -0.462 e. The van der Waals surface area contributed by atoms with Crippen molar-refractivity contribution in [3.63, 3.8) is 0 Å². The van der Waals surface area contributed by atoms with Gasteiger partial charge in [0.25, 0.3) is 0 Å². The molecule has 1 amide bonds. The van der Waals surface area contributed by atoms with Crippen molar-refractivity contribution in [2.75, 3.05) is 11.9 Å². The van der Waals surface area contributed by atoms with Crippen LogP contribution in [0, 0.1) is 11.7 Å². The van der Waals surface area contributed by atoms with E-state index in [0.717, 1.165) is 25.7 Å². The molecule has 27 heavy (non-hydrogen) atoms. The van der Waals surface area contributed by atoms with Gasteiger partial charge in [-0.3, -0.25) is 4.79 Å². The van der Waals surface area contributed by atoms with Crippen LogP contribution in [0.25, 0.3) is 11.1 Å². The van der Waals surface area contributed by atoms with Gasteiger partial charge < -0.3 is 10.1 Å². The van der Waals surface area contributed by atoms with Crippen LogP contribution < -0.4 is 5.32 Å². The Labute approximate surface area is 163 Å². The summed E-state index contributed by atoms with van der Waals surface area (Å²) in [6.07, 6.45) is 3.59. The summed E-state index contributed by atoms with van der Waals surface area (Å²) in [6.45, 7) is 6.05. The molecular formula is C21H26FNO3S. The van der Waals surface area contributed by atoms with Crippen molar-refractivity contribution in [2.24, 2.45) is 5.92 Å². The minimum atomic E-state index is -0.491.